The van der Waals surface area contributed by atoms with Crippen LogP contribution in [0.5, 0.6) is 11.5 Å². The summed E-state index contributed by atoms with van der Waals surface area (Å²) >= 11 is 1.44. The van der Waals surface area contributed by atoms with Gasteiger partial charge in [-0.3, -0.25) is 9.69 Å². The fraction of sp³-hybridized carbons (Fsp3) is 0.154. The number of anilines is 1. The zero-order valence-electron chi connectivity index (χ0n) is 18.1. The molecule has 0 aliphatic carbocycles. The Morgan fingerprint density at radius 2 is 1.64 bits per heavy atom. The van der Waals surface area contributed by atoms with Gasteiger partial charge in [0.15, 0.2) is 5.17 Å². The predicted molar refractivity (Wildman–Crippen MR) is 131 cm³/mol. The Morgan fingerprint density at radius 3 is 2.33 bits per heavy atom. The van der Waals surface area contributed by atoms with Crippen LogP contribution >= 0.6 is 11.8 Å². The normalized spacial score (nSPS) is 14.5. The molecule has 168 valence electrons. The SMILES string of the molecule is CCOc1ccc(N2C(=O)C(=Cc3ccc(F)cc3)N=C2SCCOc2ccccc2)cc1. The second-order valence-electron chi connectivity index (χ2n) is 7.05. The highest BCUT2D eigenvalue weighted by Gasteiger charge is 2.32. The second kappa shape index (κ2) is 10.8. The summed E-state index contributed by atoms with van der Waals surface area (Å²) < 4.78 is 24.5. The molecule has 3 aromatic carbocycles. The van der Waals surface area contributed by atoms with Crippen LogP contribution in [-0.4, -0.2) is 30.0 Å². The third kappa shape index (κ3) is 5.81. The molecule has 3 aromatic rings. The van der Waals surface area contributed by atoms with Crippen molar-refractivity contribution in [1.82, 2.24) is 0 Å². The number of thioether (sulfide) groups is 1. The second-order valence-corrected chi connectivity index (χ2v) is 8.12. The Hall–Kier alpha value is -3.58. The smallest absolute Gasteiger partial charge is 0.283 e. The number of amidine groups is 1. The molecule has 1 heterocycles. The standard InChI is InChI=1S/C26H23FN2O3S/c1-2-31-23-14-12-21(13-15-23)29-25(30)24(18-19-8-10-20(27)11-9-19)28-26(29)33-17-16-32-22-6-4-3-5-7-22/h3-15,18H,2,16-17H2,1H3. The van der Waals surface area contributed by atoms with Crippen molar-refractivity contribution in [2.75, 3.05) is 23.9 Å². The molecule has 5 nitrogen and oxygen atoms in total. The van der Waals surface area contributed by atoms with Gasteiger partial charge < -0.3 is 9.47 Å². The van der Waals surface area contributed by atoms with Crippen molar-refractivity contribution in [3.8, 4) is 11.5 Å². The van der Waals surface area contributed by atoms with Crippen molar-refractivity contribution in [3.63, 3.8) is 0 Å². The number of rotatable bonds is 8. The highest BCUT2D eigenvalue weighted by molar-refractivity contribution is 8.14. The first-order valence-corrected chi connectivity index (χ1v) is 11.6. The summed E-state index contributed by atoms with van der Waals surface area (Å²) in [7, 11) is 0. The molecule has 1 aliphatic rings. The van der Waals surface area contributed by atoms with Crippen LogP contribution in [0.15, 0.2) is 89.6 Å². The third-order valence-corrected chi connectivity index (χ3v) is 5.64. The molecule has 7 heteroatoms. The van der Waals surface area contributed by atoms with Crippen LogP contribution < -0.4 is 14.4 Å². The molecular formula is C26H23FN2O3S. The molecule has 0 atom stereocenters. The van der Waals surface area contributed by atoms with Crippen molar-refractivity contribution >= 4 is 34.6 Å². The number of amides is 1. The topological polar surface area (TPSA) is 51.1 Å². The van der Waals surface area contributed by atoms with Crippen LogP contribution in [0.3, 0.4) is 0 Å². The Morgan fingerprint density at radius 1 is 0.939 bits per heavy atom. The molecule has 0 unspecified atom stereocenters. The van der Waals surface area contributed by atoms with Crippen molar-refractivity contribution in [1.29, 1.82) is 0 Å². The number of benzene rings is 3. The molecule has 0 saturated carbocycles. The number of nitrogens with zero attached hydrogens (tertiary/aromatic N) is 2. The molecule has 1 amide bonds. The molecule has 4 rings (SSSR count). The molecule has 0 spiro atoms. The number of carbonyl (C=O) groups excluding carboxylic acids is 1. The fourth-order valence-electron chi connectivity index (χ4n) is 3.20. The number of aliphatic imine (C=N–C) groups is 1. The van der Waals surface area contributed by atoms with Gasteiger partial charge in [-0.2, -0.15) is 0 Å². The van der Waals surface area contributed by atoms with E-state index in [9.17, 15) is 9.18 Å². The summed E-state index contributed by atoms with van der Waals surface area (Å²) in [5.74, 6) is 1.57. The summed E-state index contributed by atoms with van der Waals surface area (Å²) in [6, 6.07) is 22.8. The Bertz CT molecular complexity index is 1150. The van der Waals surface area contributed by atoms with E-state index in [4.69, 9.17) is 9.47 Å². The molecule has 0 radical (unpaired) electrons. The minimum atomic E-state index is -0.330. The lowest BCUT2D eigenvalue weighted by atomic mass is 10.2. The van der Waals surface area contributed by atoms with Gasteiger partial charge in [-0.05, 0) is 67.1 Å². The highest BCUT2D eigenvalue weighted by Crippen LogP contribution is 2.30. The van der Waals surface area contributed by atoms with Gasteiger partial charge in [0, 0.05) is 5.75 Å². The van der Waals surface area contributed by atoms with Crippen LogP contribution in [0.2, 0.25) is 0 Å². The van der Waals surface area contributed by atoms with Crippen molar-refractivity contribution in [3.05, 3.63) is 95.9 Å². The summed E-state index contributed by atoms with van der Waals surface area (Å²) in [6.45, 7) is 2.95. The van der Waals surface area contributed by atoms with Crippen LogP contribution in [0.4, 0.5) is 10.1 Å². The summed E-state index contributed by atoms with van der Waals surface area (Å²) in [6.07, 6.45) is 1.66. The lowest BCUT2D eigenvalue weighted by molar-refractivity contribution is -0.113. The van der Waals surface area contributed by atoms with Gasteiger partial charge in [-0.1, -0.05) is 42.1 Å². The third-order valence-electron chi connectivity index (χ3n) is 4.74. The number of carbonyl (C=O) groups is 1. The van der Waals surface area contributed by atoms with Crippen molar-refractivity contribution in [2.24, 2.45) is 4.99 Å². The van der Waals surface area contributed by atoms with E-state index in [0.29, 0.717) is 41.1 Å². The average Bonchev–Trinajstić information content (AvgIpc) is 3.14. The maximum atomic E-state index is 13.3. The van der Waals surface area contributed by atoms with Crippen LogP contribution in [0.25, 0.3) is 6.08 Å². The monoisotopic (exact) mass is 462 g/mol. The van der Waals surface area contributed by atoms with E-state index < -0.39 is 0 Å². The molecular weight excluding hydrogens is 439 g/mol. The van der Waals surface area contributed by atoms with Crippen molar-refractivity contribution in [2.45, 2.75) is 6.92 Å². The lowest BCUT2D eigenvalue weighted by Crippen LogP contribution is -2.30. The average molecular weight is 463 g/mol. The number of hydrogen-bond donors (Lipinski definition) is 0. The van der Waals surface area contributed by atoms with Crippen molar-refractivity contribution < 1.29 is 18.7 Å². The summed E-state index contributed by atoms with van der Waals surface area (Å²) in [5, 5.41) is 0.564. The van der Waals surface area contributed by atoms with Crippen LogP contribution in [-0.2, 0) is 4.79 Å². The van der Waals surface area contributed by atoms with Gasteiger partial charge in [-0.25, -0.2) is 9.38 Å². The van der Waals surface area contributed by atoms with E-state index in [1.165, 1.54) is 23.9 Å². The molecule has 1 aliphatic heterocycles. The first-order valence-electron chi connectivity index (χ1n) is 10.6. The Balaban J connectivity index is 1.53. The number of para-hydroxylation sites is 1. The van der Waals surface area contributed by atoms with Gasteiger partial charge in [0.1, 0.15) is 23.0 Å². The number of hydrogen-bond acceptors (Lipinski definition) is 5. The van der Waals surface area contributed by atoms with Gasteiger partial charge in [0.25, 0.3) is 5.91 Å². The molecule has 0 bridgehead atoms. The lowest BCUT2D eigenvalue weighted by Gasteiger charge is -2.18. The first-order chi connectivity index (χ1) is 16.1. The zero-order valence-corrected chi connectivity index (χ0v) is 18.9. The van der Waals surface area contributed by atoms with E-state index in [1.807, 2.05) is 61.5 Å². The molecule has 0 aromatic heterocycles. The van der Waals surface area contributed by atoms with Crippen LogP contribution in [0, 0.1) is 5.82 Å². The van der Waals surface area contributed by atoms with E-state index in [2.05, 4.69) is 4.99 Å². The van der Waals surface area contributed by atoms with E-state index in [1.54, 1.807) is 23.1 Å². The molecule has 0 N–H and O–H groups in total. The largest absolute Gasteiger partial charge is 0.494 e. The van der Waals surface area contributed by atoms with E-state index >= 15 is 0 Å². The predicted octanol–water partition coefficient (Wildman–Crippen LogP) is 5.78. The minimum absolute atomic E-state index is 0.241. The maximum Gasteiger partial charge on any atom is 0.283 e. The fourth-order valence-corrected chi connectivity index (χ4v) is 4.03. The summed E-state index contributed by atoms with van der Waals surface area (Å²) in [4.78, 5) is 19.4. The van der Waals surface area contributed by atoms with Gasteiger partial charge >= 0.3 is 0 Å². The number of halogens is 1. The van der Waals surface area contributed by atoms with Gasteiger partial charge in [0.05, 0.1) is 18.9 Å². The summed E-state index contributed by atoms with van der Waals surface area (Å²) in [5.41, 5.74) is 1.69. The number of ether oxygens (including phenoxy) is 2. The minimum Gasteiger partial charge on any atom is -0.494 e. The van der Waals surface area contributed by atoms with Crippen LogP contribution in [0.1, 0.15) is 12.5 Å². The zero-order chi connectivity index (χ0) is 23.0. The molecule has 33 heavy (non-hydrogen) atoms. The quantitative estimate of drug-likeness (QED) is 0.315. The maximum absolute atomic E-state index is 13.3. The van der Waals surface area contributed by atoms with Gasteiger partial charge in [-0.15, -0.1) is 0 Å². The molecule has 0 fully saturated rings. The van der Waals surface area contributed by atoms with E-state index in [-0.39, 0.29) is 11.7 Å². The molecule has 0 saturated heterocycles. The highest BCUT2D eigenvalue weighted by atomic mass is 32.2. The Labute approximate surface area is 196 Å². The van der Waals surface area contributed by atoms with Gasteiger partial charge in [0.2, 0.25) is 0 Å². The Kier molecular flexibility index (Phi) is 7.42. The first kappa shape index (κ1) is 22.6. The van der Waals surface area contributed by atoms with E-state index in [0.717, 1.165) is 11.5 Å².